The summed E-state index contributed by atoms with van der Waals surface area (Å²) in [5, 5.41) is 10.7. The molecule has 0 bridgehead atoms. The first-order valence-corrected chi connectivity index (χ1v) is 12.3. The van der Waals surface area contributed by atoms with Crippen molar-refractivity contribution in [2.24, 2.45) is 0 Å². The summed E-state index contributed by atoms with van der Waals surface area (Å²) in [5.41, 5.74) is 3.74. The number of piperazine rings is 1. The van der Waals surface area contributed by atoms with Crippen LogP contribution in [0.25, 0.3) is 0 Å². The molecule has 1 N–H and O–H groups in total. The van der Waals surface area contributed by atoms with Gasteiger partial charge in [0.15, 0.2) is 0 Å². The largest absolute Gasteiger partial charge is 0.387 e. The Morgan fingerprint density at radius 1 is 1.04 bits per heavy atom. The average Bonchev–Trinajstić information content (AvgIpc) is 3.15. The number of aryl methyl sites for hydroxylation is 2. The van der Waals surface area contributed by atoms with Crippen LogP contribution in [0.2, 0.25) is 4.34 Å². The van der Waals surface area contributed by atoms with E-state index in [0.29, 0.717) is 41.3 Å². The first-order chi connectivity index (χ1) is 13.4. The van der Waals surface area contributed by atoms with Gasteiger partial charge in [0.05, 0.1) is 10.4 Å². The van der Waals surface area contributed by atoms with Crippen LogP contribution in [0.5, 0.6) is 0 Å². The van der Waals surface area contributed by atoms with Gasteiger partial charge in [-0.05, 0) is 54.5 Å². The van der Waals surface area contributed by atoms with Gasteiger partial charge in [0, 0.05) is 32.7 Å². The Labute approximate surface area is 175 Å². The van der Waals surface area contributed by atoms with Crippen LogP contribution < -0.4 is 0 Å². The van der Waals surface area contributed by atoms with Gasteiger partial charge in [-0.25, -0.2) is 8.42 Å². The molecule has 0 amide bonds. The van der Waals surface area contributed by atoms with Crippen molar-refractivity contribution < 1.29 is 13.5 Å². The fourth-order valence-electron chi connectivity index (χ4n) is 4.03. The first kappa shape index (κ1) is 20.3. The predicted octanol–water partition coefficient (Wildman–Crippen LogP) is 3.32. The first-order valence-electron chi connectivity index (χ1n) is 9.71. The Balaban J connectivity index is 1.35. The van der Waals surface area contributed by atoms with E-state index in [1.54, 1.807) is 12.1 Å². The third-order valence-corrected chi connectivity index (χ3v) is 9.26. The van der Waals surface area contributed by atoms with Gasteiger partial charge in [-0.15, -0.1) is 11.3 Å². The molecule has 1 saturated heterocycles. The summed E-state index contributed by atoms with van der Waals surface area (Å²) < 4.78 is 27.7. The lowest BCUT2D eigenvalue weighted by Crippen LogP contribution is -2.49. The number of nitrogens with zero attached hydrogens (tertiary/aromatic N) is 2. The van der Waals surface area contributed by atoms with Crippen LogP contribution in [0, 0.1) is 0 Å². The molecular formula is C20H25ClN2O3S2. The molecule has 4 rings (SSSR count). The van der Waals surface area contributed by atoms with Crippen LogP contribution in [0.3, 0.4) is 0 Å². The summed E-state index contributed by atoms with van der Waals surface area (Å²) in [6.07, 6.45) is 4.15. The number of hydrogen-bond donors (Lipinski definition) is 1. The van der Waals surface area contributed by atoms with Crippen molar-refractivity contribution in [3.8, 4) is 0 Å². The normalized spacial score (nSPS) is 20.1. The molecule has 2 aliphatic rings. The van der Waals surface area contributed by atoms with Crippen molar-refractivity contribution in [1.82, 2.24) is 9.21 Å². The fourth-order valence-corrected chi connectivity index (χ4v) is 7.09. The molecule has 1 aromatic carbocycles. The van der Waals surface area contributed by atoms with Crippen LogP contribution in [-0.2, 0) is 22.9 Å². The Morgan fingerprint density at radius 3 is 2.43 bits per heavy atom. The second-order valence-corrected chi connectivity index (χ2v) is 11.4. The lowest BCUT2D eigenvalue weighted by Gasteiger charge is -2.34. The highest BCUT2D eigenvalue weighted by molar-refractivity contribution is 7.91. The van der Waals surface area contributed by atoms with Gasteiger partial charge in [-0.3, -0.25) is 4.90 Å². The van der Waals surface area contributed by atoms with Crippen LogP contribution in [0.15, 0.2) is 34.5 Å². The monoisotopic (exact) mass is 440 g/mol. The zero-order chi connectivity index (χ0) is 19.7. The second kappa shape index (κ2) is 8.42. The SMILES string of the molecule is O=S(=O)(c1ccc(Cl)s1)N1CCN(C[C@@H](O)c2ccc3c(c2)CCCC3)CC1. The van der Waals surface area contributed by atoms with Gasteiger partial charge in [0.1, 0.15) is 4.21 Å². The number of rotatable bonds is 5. The Bertz CT molecular complexity index is 937. The summed E-state index contributed by atoms with van der Waals surface area (Å²) >= 11 is 6.98. The number of halogens is 1. The lowest BCUT2D eigenvalue weighted by atomic mass is 9.89. The van der Waals surface area contributed by atoms with Crippen molar-refractivity contribution in [3.05, 3.63) is 51.4 Å². The van der Waals surface area contributed by atoms with E-state index in [-0.39, 0.29) is 0 Å². The van der Waals surface area contributed by atoms with Gasteiger partial charge in [-0.2, -0.15) is 4.31 Å². The third kappa shape index (κ3) is 4.30. The number of benzene rings is 1. The molecule has 1 aliphatic carbocycles. The van der Waals surface area contributed by atoms with Gasteiger partial charge < -0.3 is 5.11 Å². The Morgan fingerprint density at radius 2 is 1.75 bits per heavy atom. The number of fused-ring (bicyclic) bond motifs is 1. The highest BCUT2D eigenvalue weighted by atomic mass is 35.5. The number of hydrogen-bond acceptors (Lipinski definition) is 5. The van der Waals surface area contributed by atoms with E-state index in [9.17, 15) is 13.5 Å². The Kier molecular flexibility index (Phi) is 6.11. The van der Waals surface area contributed by atoms with E-state index in [1.165, 1.54) is 28.3 Å². The van der Waals surface area contributed by atoms with Crippen molar-refractivity contribution >= 4 is 33.0 Å². The molecule has 0 unspecified atom stereocenters. The molecular weight excluding hydrogens is 416 g/mol. The maximum absolute atomic E-state index is 12.7. The molecule has 1 fully saturated rings. The maximum atomic E-state index is 12.7. The average molecular weight is 441 g/mol. The van der Waals surface area contributed by atoms with E-state index in [4.69, 9.17) is 11.6 Å². The smallest absolute Gasteiger partial charge is 0.252 e. The van der Waals surface area contributed by atoms with Gasteiger partial charge in [0.2, 0.25) is 0 Å². The molecule has 1 aromatic heterocycles. The molecule has 1 atom stereocenters. The minimum absolute atomic E-state index is 0.292. The summed E-state index contributed by atoms with van der Waals surface area (Å²) in [7, 11) is -3.48. The molecule has 0 spiro atoms. The zero-order valence-electron chi connectivity index (χ0n) is 15.7. The highest BCUT2D eigenvalue weighted by Crippen LogP contribution is 2.29. The summed E-state index contributed by atoms with van der Waals surface area (Å²) in [6, 6.07) is 9.53. The molecule has 1 aliphatic heterocycles. The van der Waals surface area contributed by atoms with Crippen molar-refractivity contribution in [2.45, 2.75) is 36.0 Å². The summed E-state index contributed by atoms with van der Waals surface area (Å²) in [6.45, 7) is 2.60. The van der Waals surface area contributed by atoms with Gasteiger partial charge in [0.25, 0.3) is 10.0 Å². The highest BCUT2D eigenvalue weighted by Gasteiger charge is 2.30. The van der Waals surface area contributed by atoms with E-state index < -0.39 is 16.1 Å². The number of aliphatic hydroxyl groups is 1. The van der Waals surface area contributed by atoms with Crippen LogP contribution in [0.4, 0.5) is 0 Å². The standard InChI is InChI=1S/C20H25ClN2O3S2/c21-19-7-8-20(27-19)28(25,26)23-11-9-22(10-12-23)14-18(24)17-6-5-15-3-1-2-4-16(15)13-17/h5-8,13,18,24H,1-4,9-12,14H2/t18-/m1/s1. The zero-order valence-corrected chi connectivity index (χ0v) is 18.1. The molecule has 8 heteroatoms. The number of aliphatic hydroxyl groups excluding tert-OH is 1. The van der Waals surface area contributed by atoms with Gasteiger partial charge >= 0.3 is 0 Å². The molecule has 152 valence electrons. The maximum Gasteiger partial charge on any atom is 0.252 e. The van der Waals surface area contributed by atoms with E-state index >= 15 is 0 Å². The molecule has 2 aromatic rings. The molecule has 5 nitrogen and oxygen atoms in total. The number of β-amino-alcohol motifs (C(OH)–C–C–N with tert-alkyl or cyclic N) is 1. The predicted molar refractivity (Wildman–Crippen MR) is 113 cm³/mol. The van der Waals surface area contributed by atoms with Crippen LogP contribution >= 0.6 is 22.9 Å². The molecule has 0 radical (unpaired) electrons. The summed E-state index contributed by atoms with van der Waals surface area (Å²) in [4.78, 5) is 2.14. The fraction of sp³-hybridized carbons (Fsp3) is 0.500. The van der Waals surface area contributed by atoms with Crippen LogP contribution in [0.1, 0.15) is 35.6 Å². The van der Waals surface area contributed by atoms with E-state index in [2.05, 4.69) is 17.0 Å². The van der Waals surface area contributed by atoms with Crippen LogP contribution in [-0.4, -0.2) is 55.5 Å². The minimum atomic E-state index is -3.48. The Hall–Kier alpha value is -0.960. The van der Waals surface area contributed by atoms with Crippen molar-refractivity contribution in [3.63, 3.8) is 0 Å². The van der Waals surface area contributed by atoms with Gasteiger partial charge in [-0.1, -0.05) is 29.8 Å². The molecule has 0 saturated carbocycles. The van der Waals surface area contributed by atoms with E-state index in [0.717, 1.165) is 29.7 Å². The lowest BCUT2D eigenvalue weighted by molar-refractivity contribution is 0.0921. The quantitative estimate of drug-likeness (QED) is 0.774. The third-order valence-electron chi connectivity index (χ3n) is 5.66. The van der Waals surface area contributed by atoms with Crippen molar-refractivity contribution in [1.29, 1.82) is 0 Å². The second-order valence-electron chi connectivity index (χ2n) is 7.51. The molecule has 2 heterocycles. The topological polar surface area (TPSA) is 60.9 Å². The van der Waals surface area contributed by atoms with Crippen molar-refractivity contribution in [2.75, 3.05) is 32.7 Å². The number of thiophene rings is 1. The van der Waals surface area contributed by atoms with E-state index in [1.807, 2.05) is 6.07 Å². The molecule has 28 heavy (non-hydrogen) atoms. The number of sulfonamides is 1. The summed E-state index contributed by atoms with van der Waals surface area (Å²) in [5.74, 6) is 0. The minimum Gasteiger partial charge on any atom is -0.387 e.